The van der Waals surface area contributed by atoms with E-state index in [4.69, 9.17) is 9.47 Å². The first-order chi connectivity index (χ1) is 12.5. The number of carbonyl (C=O) groups is 1. The summed E-state index contributed by atoms with van der Waals surface area (Å²) in [5.41, 5.74) is 1.99. The lowest BCUT2D eigenvalue weighted by atomic mass is 9.98. The summed E-state index contributed by atoms with van der Waals surface area (Å²) in [6.45, 7) is 3.11. The molecule has 0 N–H and O–H groups in total. The number of nitro benzene ring substituents is 1. The van der Waals surface area contributed by atoms with Crippen molar-refractivity contribution in [2.24, 2.45) is 0 Å². The Morgan fingerprint density at radius 3 is 2.81 bits per heavy atom. The lowest BCUT2D eigenvalue weighted by Gasteiger charge is -2.17. The highest BCUT2D eigenvalue weighted by Gasteiger charge is 2.30. The number of nitrogens with zero attached hydrogens (tertiary/aromatic N) is 2. The van der Waals surface area contributed by atoms with Crippen molar-refractivity contribution in [2.75, 3.05) is 19.9 Å². The Morgan fingerprint density at radius 2 is 2.00 bits per heavy atom. The molecule has 2 heterocycles. The van der Waals surface area contributed by atoms with Crippen LogP contribution < -0.4 is 9.47 Å². The lowest BCUT2D eigenvalue weighted by molar-refractivity contribution is -0.385. The van der Waals surface area contributed by atoms with Gasteiger partial charge in [0.25, 0.3) is 11.6 Å². The minimum atomic E-state index is -0.453. The van der Waals surface area contributed by atoms with Gasteiger partial charge >= 0.3 is 0 Å². The predicted molar refractivity (Wildman–Crippen MR) is 93.7 cm³/mol. The molecular formula is C19H18N2O5. The maximum Gasteiger partial charge on any atom is 0.273 e. The number of ether oxygens (including phenoxy) is 2. The molecule has 0 aliphatic carbocycles. The van der Waals surface area contributed by atoms with Crippen LogP contribution in [-0.2, 0) is 0 Å². The highest BCUT2D eigenvalue weighted by Crippen LogP contribution is 2.37. The molecule has 0 aromatic heterocycles. The number of likely N-dealkylation sites (tertiary alicyclic amines) is 1. The Balaban J connectivity index is 1.51. The van der Waals surface area contributed by atoms with Crippen molar-refractivity contribution in [1.29, 1.82) is 0 Å². The fourth-order valence-corrected chi connectivity index (χ4v) is 3.51. The highest BCUT2D eigenvalue weighted by atomic mass is 16.7. The molecule has 0 saturated carbocycles. The maximum atomic E-state index is 12.8. The van der Waals surface area contributed by atoms with E-state index in [-0.39, 0.29) is 24.3 Å². The van der Waals surface area contributed by atoms with E-state index in [2.05, 4.69) is 0 Å². The largest absolute Gasteiger partial charge is 0.454 e. The molecule has 1 fully saturated rings. The molecule has 1 unspecified atom stereocenters. The van der Waals surface area contributed by atoms with E-state index < -0.39 is 4.92 Å². The second-order valence-corrected chi connectivity index (χ2v) is 6.61. The fraction of sp³-hybridized carbons (Fsp3) is 0.316. The number of rotatable bonds is 3. The second kappa shape index (κ2) is 6.33. The highest BCUT2D eigenvalue weighted by molar-refractivity contribution is 5.95. The minimum Gasteiger partial charge on any atom is -0.454 e. The topological polar surface area (TPSA) is 81.9 Å². The van der Waals surface area contributed by atoms with E-state index in [1.807, 2.05) is 18.2 Å². The summed E-state index contributed by atoms with van der Waals surface area (Å²) in [4.78, 5) is 25.2. The third kappa shape index (κ3) is 2.85. The van der Waals surface area contributed by atoms with Gasteiger partial charge in [0.2, 0.25) is 6.79 Å². The Kier molecular flexibility index (Phi) is 3.99. The summed E-state index contributed by atoms with van der Waals surface area (Å²) in [6, 6.07) is 10.5. The van der Waals surface area contributed by atoms with Gasteiger partial charge in [-0.2, -0.15) is 0 Å². The van der Waals surface area contributed by atoms with E-state index in [9.17, 15) is 14.9 Å². The number of carbonyl (C=O) groups excluding carboxylic acids is 1. The molecule has 0 bridgehead atoms. The smallest absolute Gasteiger partial charge is 0.273 e. The molecule has 4 rings (SSSR count). The van der Waals surface area contributed by atoms with Crippen LogP contribution in [0.2, 0.25) is 0 Å². The molecule has 0 spiro atoms. The van der Waals surface area contributed by atoms with Crippen LogP contribution in [0.25, 0.3) is 0 Å². The molecule has 2 aromatic carbocycles. The Morgan fingerprint density at radius 1 is 1.19 bits per heavy atom. The van der Waals surface area contributed by atoms with Crippen molar-refractivity contribution in [1.82, 2.24) is 4.90 Å². The standard InChI is InChI=1S/C19H18N2O5/c1-12-2-3-14(8-16(12)21(23)24)19(22)20-7-6-15(10-20)13-4-5-17-18(9-13)26-11-25-17/h2-5,8-9,15H,6-7,10-11H2,1H3. The molecular weight excluding hydrogens is 336 g/mol. The molecule has 134 valence electrons. The Hall–Kier alpha value is -3.09. The van der Waals surface area contributed by atoms with E-state index >= 15 is 0 Å². The van der Waals surface area contributed by atoms with Gasteiger partial charge in [-0.15, -0.1) is 0 Å². The number of fused-ring (bicyclic) bond motifs is 1. The number of hydrogen-bond acceptors (Lipinski definition) is 5. The normalized spacial score (nSPS) is 18.2. The molecule has 7 nitrogen and oxygen atoms in total. The average Bonchev–Trinajstić information content (AvgIpc) is 3.30. The zero-order valence-corrected chi connectivity index (χ0v) is 14.3. The number of aryl methyl sites for hydroxylation is 1. The molecule has 2 aromatic rings. The predicted octanol–water partition coefficient (Wildman–Crippen LogP) is 3.26. The molecule has 0 radical (unpaired) electrons. The number of nitro groups is 1. The van der Waals surface area contributed by atoms with Crippen molar-refractivity contribution >= 4 is 11.6 Å². The van der Waals surface area contributed by atoms with Gasteiger partial charge in [0.1, 0.15) is 0 Å². The number of amides is 1. The molecule has 1 amide bonds. The summed E-state index contributed by atoms with van der Waals surface area (Å²) in [5.74, 6) is 1.53. The van der Waals surface area contributed by atoms with Crippen LogP contribution in [0, 0.1) is 17.0 Å². The molecule has 2 aliphatic rings. The van der Waals surface area contributed by atoms with Crippen LogP contribution in [0.5, 0.6) is 11.5 Å². The van der Waals surface area contributed by atoms with E-state index in [0.29, 0.717) is 24.2 Å². The second-order valence-electron chi connectivity index (χ2n) is 6.61. The molecule has 26 heavy (non-hydrogen) atoms. The summed E-state index contributed by atoms with van der Waals surface area (Å²) >= 11 is 0. The van der Waals surface area contributed by atoms with Crippen LogP contribution in [0.1, 0.15) is 33.8 Å². The monoisotopic (exact) mass is 354 g/mol. The first-order valence-electron chi connectivity index (χ1n) is 8.47. The quantitative estimate of drug-likeness (QED) is 0.624. The Bertz CT molecular complexity index is 895. The number of hydrogen-bond donors (Lipinski definition) is 0. The van der Waals surface area contributed by atoms with Gasteiger partial charge < -0.3 is 14.4 Å². The van der Waals surface area contributed by atoms with Crippen LogP contribution in [0.15, 0.2) is 36.4 Å². The third-order valence-corrected chi connectivity index (χ3v) is 5.00. The third-order valence-electron chi connectivity index (χ3n) is 5.00. The van der Waals surface area contributed by atoms with Gasteiger partial charge in [0, 0.05) is 36.2 Å². The summed E-state index contributed by atoms with van der Waals surface area (Å²) in [6.07, 6.45) is 0.847. The van der Waals surface area contributed by atoms with Gasteiger partial charge in [-0.3, -0.25) is 14.9 Å². The van der Waals surface area contributed by atoms with Crippen molar-refractivity contribution in [3.63, 3.8) is 0 Å². The van der Waals surface area contributed by atoms with Crippen molar-refractivity contribution in [3.05, 3.63) is 63.2 Å². The van der Waals surface area contributed by atoms with Gasteiger partial charge in [-0.25, -0.2) is 0 Å². The van der Waals surface area contributed by atoms with Gasteiger partial charge in [0.15, 0.2) is 11.5 Å². The molecule has 2 aliphatic heterocycles. The SMILES string of the molecule is Cc1ccc(C(=O)N2CCC(c3ccc4c(c3)OCO4)C2)cc1[N+](=O)[O-]. The molecule has 1 atom stereocenters. The van der Waals surface area contributed by atoms with Crippen LogP contribution >= 0.6 is 0 Å². The maximum absolute atomic E-state index is 12.8. The average molecular weight is 354 g/mol. The summed E-state index contributed by atoms with van der Waals surface area (Å²) in [5, 5.41) is 11.1. The minimum absolute atomic E-state index is 0.0256. The van der Waals surface area contributed by atoms with E-state index in [1.165, 1.54) is 6.07 Å². The van der Waals surface area contributed by atoms with E-state index in [0.717, 1.165) is 23.5 Å². The Labute approximate surface area is 150 Å². The molecule has 1 saturated heterocycles. The van der Waals surface area contributed by atoms with Crippen molar-refractivity contribution in [3.8, 4) is 11.5 Å². The number of benzene rings is 2. The van der Waals surface area contributed by atoms with E-state index in [1.54, 1.807) is 24.0 Å². The van der Waals surface area contributed by atoms with Gasteiger partial charge in [0.05, 0.1) is 4.92 Å². The van der Waals surface area contributed by atoms with Crippen LogP contribution in [-0.4, -0.2) is 35.6 Å². The first kappa shape index (κ1) is 16.4. The zero-order valence-electron chi connectivity index (χ0n) is 14.3. The fourth-order valence-electron chi connectivity index (χ4n) is 3.51. The summed E-state index contributed by atoms with van der Waals surface area (Å²) in [7, 11) is 0. The van der Waals surface area contributed by atoms with Crippen LogP contribution in [0.4, 0.5) is 5.69 Å². The summed E-state index contributed by atoms with van der Waals surface area (Å²) < 4.78 is 10.8. The van der Waals surface area contributed by atoms with Gasteiger partial charge in [-0.05, 0) is 37.1 Å². The lowest BCUT2D eigenvalue weighted by Crippen LogP contribution is -2.28. The van der Waals surface area contributed by atoms with Crippen molar-refractivity contribution in [2.45, 2.75) is 19.3 Å². The van der Waals surface area contributed by atoms with Gasteiger partial charge in [-0.1, -0.05) is 12.1 Å². The zero-order chi connectivity index (χ0) is 18.3. The first-order valence-corrected chi connectivity index (χ1v) is 8.47. The molecule has 7 heteroatoms. The van der Waals surface area contributed by atoms with Crippen LogP contribution in [0.3, 0.4) is 0 Å². The van der Waals surface area contributed by atoms with Crippen molar-refractivity contribution < 1.29 is 19.2 Å².